The largest absolute Gasteiger partial charge is 0.468 e. The number of nitrogens with zero attached hydrogens (tertiary/aromatic N) is 1. The molecule has 1 aromatic carbocycles. The molecule has 2 rings (SSSR count). The summed E-state index contributed by atoms with van der Waals surface area (Å²) in [5.74, 6) is -1.03. The van der Waals surface area contributed by atoms with Gasteiger partial charge in [-0.1, -0.05) is 12.1 Å². The van der Waals surface area contributed by atoms with E-state index in [2.05, 4.69) is 0 Å². The van der Waals surface area contributed by atoms with Crippen molar-refractivity contribution >= 4 is 11.8 Å². The fraction of sp³-hybridized carbons (Fsp3) is 0.412. The zero-order valence-corrected chi connectivity index (χ0v) is 13.3. The van der Waals surface area contributed by atoms with Crippen LogP contribution in [0.5, 0.6) is 0 Å². The average molecular weight is 305 g/mol. The highest BCUT2D eigenvalue weighted by Crippen LogP contribution is 2.46. The Morgan fingerprint density at radius 1 is 1.41 bits per heavy atom. The predicted molar refractivity (Wildman–Crippen MR) is 80.8 cm³/mol. The molecule has 0 bridgehead atoms. The first kappa shape index (κ1) is 16.2. The number of ketones is 1. The maximum atomic E-state index is 14.0. The molecule has 0 unspecified atom stereocenters. The summed E-state index contributed by atoms with van der Waals surface area (Å²) in [5.41, 5.74) is -0.00828. The quantitative estimate of drug-likeness (QED) is 0.635. The van der Waals surface area contributed by atoms with Crippen LogP contribution < -0.4 is 0 Å². The standard InChI is InChI=1S/C17H20FNO3/c1-11-12(6-5-7-14(11)18)17(16(21)22-4)9-8-15(20)13(17)10-19(2)3/h5-7,10H,8-9H2,1-4H3/b13-10+/t17-/m1/s1. The maximum Gasteiger partial charge on any atom is 0.321 e. The Kier molecular flexibility index (Phi) is 4.35. The van der Waals surface area contributed by atoms with E-state index in [4.69, 9.17) is 4.74 Å². The number of ether oxygens (including phenoxy) is 1. The highest BCUT2D eigenvalue weighted by molar-refractivity contribution is 6.09. The van der Waals surface area contributed by atoms with Crippen LogP contribution in [0.3, 0.4) is 0 Å². The molecule has 0 amide bonds. The average Bonchev–Trinajstić information content (AvgIpc) is 2.79. The number of benzene rings is 1. The minimum atomic E-state index is -1.23. The van der Waals surface area contributed by atoms with Crippen LogP contribution >= 0.6 is 0 Å². The molecule has 1 aromatic rings. The molecular formula is C17H20FNO3. The van der Waals surface area contributed by atoms with E-state index in [0.717, 1.165) is 0 Å². The zero-order valence-electron chi connectivity index (χ0n) is 13.3. The second-order valence-corrected chi connectivity index (χ2v) is 5.74. The van der Waals surface area contributed by atoms with E-state index in [-0.39, 0.29) is 12.2 Å². The van der Waals surface area contributed by atoms with Crippen LogP contribution in [-0.4, -0.2) is 37.9 Å². The molecule has 1 aliphatic carbocycles. The van der Waals surface area contributed by atoms with Gasteiger partial charge in [0.15, 0.2) is 5.78 Å². The van der Waals surface area contributed by atoms with Gasteiger partial charge in [-0.2, -0.15) is 0 Å². The lowest BCUT2D eigenvalue weighted by atomic mass is 9.74. The van der Waals surface area contributed by atoms with Crippen LogP contribution in [0.25, 0.3) is 0 Å². The molecule has 1 saturated carbocycles. The Labute approximate surface area is 129 Å². The lowest BCUT2D eigenvalue weighted by Gasteiger charge is -2.30. The van der Waals surface area contributed by atoms with E-state index in [1.54, 1.807) is 44.3 Å². The molecule has 22 heavy (non-hydrogen) atoms. The van der Waals surface area contributed by atoms with Gasteiger partial charge in [0.05, 0.1) is 7.11 Å². The lowest BCUT2D eigenvalue weighted by Crippen LogP contribution is -2.38. The minimum absolute atomic E-state index is 0.109. The Morgan fingerprint density at radius 3 is 2.68 bits per heavy atom. The van der Waals surface area contributed by atoms with Gasteiger partial charge in [-0.3, -0.25) is 9.59 Å². The third-order valence-electron chi connectivity index (χ3n) is 4.14. The van der Waals surface area contributed by atoms with Crippen molar-refractivity contribution in [2.45, 2.75) is 25.2 Å². The molecule has 5 heteroatoms. The number of carbonyl (C=O) groups excluding carboxylic acids is 2. The molecule has 0 saturated heterocycles. The summed E-state index contributed by atoms with van der Waals surface area (Å²) < 4.78 is 19.0. The first-order chi connectivity index (χ1) is 10.3. The second-order valence-electron chi connectivity index (χ2n) is 5.74. The van der Waals surface area contributed by atoms with E-state index < -0.39 is 17.2 Å². The first-order valence-electron chi connectivity index (χ1n) is 7.10. The van der Waals surface area contributed by atoms with Crippen molar-refractivity contribution in [1.82, 2.24) is 4.90 Å². The number of hydrogen-bond donors (Lipinski definition) is 0. The number of Topliss-reactive ketones (excluding diaryl/α,β-unsaturated/α-hetero) is 1. The number of esters is 1. The summed E-state index contributed by atoms with van der Waals surface area (Å²) in [5, 5.41) is 0. The van der Waals surface area contributed by atoms with Crippen molar-refractivity contribution in [1.29, 1.82) is 0 Å². The molecule has 0 radical (unpaired) electrons. The van der Waals surface area contributed by atoms with Gasteiger partial charge in [0, 0.05) is 32.3 Å². The van der Waals surface area contributed by atoms with Gasteiger partial charge in [0.25, 0.3) is 0 Å². The summed E-state index contributed by atoms with van der Waals surface area (Å²) in [6, 6.07) is 4.59. The highest BCUT2D eigenvalue weighted by atomic mass is 19.1. The predicted octanol–water partition coefficient (Wildman–Crippen LogP) is 2.35. The number of carbonyl (C=O) groups is 2. The van der Waals surface area contributed by atoms with Gasteiger partial charge in [0.1, 0.15) is 11.2 Å². The van der Waals surface area contributed by atoms with Crippen LogP contribution in [0, 0.1) is 12.7 Å². The zero-order chi connectivity index (χ0) is 16.5. The van der Waals surface area contributed by atoms with Crippen molar-refractivity contribution in [2.24, 2.45) is 0 Å². The van der Waals surface area contributed by atoms with E-state index in [1.807, 2.05) is 0 Å². The molecule has 0 aliphatic heterocycles. The second kappa shape index (κ2) is 5.91. The Balaban J connectivity index is 2.77. The van der Waals surface area contributed by atoms with E-state index in [1.165, 1.54) is 13.2 Å². The van der Waals surface area contributed by atoms with E-state index in [9.17, 15) is 14.0 Å². The van der Waals surface area contributed by atoms with Crippen molar-refractivity contribution in [3.05, 3.63) is 46.9 Å². The topological polar surface area (TPSA) is 46.6 Å². The molecule has 0 N–H and O–H groups in total. The van der Waals surface area contributed by atoms with Gasteiger partial charge >= 0.3 is 5.97 Å². The summed E-state index contributed by atoms with van der Waals surface area (Å²) >= 11 is 0. The van der Waals surface area contributed by atoms with E-state index >= 15 is 0 Å². The smallest absolute Gasteiger partial charge is 0.321 e. The van der Waals surface area contributed by atoms with Crippen molar-refractivity contribution < 1.29 is 18.7 Å². The van der Waals surface area contributed by atoms with Gasteiger partial charge in [-0.25, -0.2) is 4.39 Å². The number of methoxy groups -OCH3 is 1. The highest BCUT2D eigenvalue weighted by Gasteiger charge is 2.52. The summed E-state index contributed by atoms with van der Waals surface area (Å²) in [4.78, 5) is 26.6. The molecule has 0 spiro atoms. The summed E-state index contributed by atoms with van der Waals surface area (Å²) in [6.07, 6.45) is 2.17. The summed E-state index contributed by atoms with van der Waals surface area (Å²) in [6.45, 7) is 1.62. The molecule has 1 fully saturated rings. The Bertz CT molecular complexity index is 651. The third kappa shape index (κ3) is 2.40. The number of halogens is 1. The minimum Gasteiger partial charge on any atom is -0.468 e. The van der Waals surface area contributed by atoms with Crippen molar-refractivity contribution in [3.8, 4) is 0 Å². The summed E-state index contributed by atoms with van der Waals surface area (Å²) in [7, 11) is 4.84. The molecule has 0 heterocycles. The SMILES string of the molecule is COC(=O)[C@@]1(c2cccc(F)c2C)CCC(=O)/C1=C\N(C)C. The van der Waals surface area contributed by atoms with E-state index in [0.29, 0.717) is 23.1 Å². The molecule has 1 atom stereocenters. The molecular weight excluding hydrogens is 285 g/mol. The van der Waals surface area contributed by atoms with Gasteiger partial charge in [-0.15, -0.1) is 0 Å². The van der Waals surface area contributed by atoms with Crippen LogP contribution in [0.15, 0.2) is 30.0 Å². The van der Waals surface area contributed by atoms with Crippen LogP contribution in [0.1, 0.15) is 24.0 Å². The van der Waals surface area contributed by atoms with Crippen LogP contribution in [-0.2, 0) is 19.7 Å². The molecule has 1 aliphatic rings. The first-order valence-corrected chi connectivity index (χ1v) is 7.10. The lowest BCUT2D eigenvalue weighted by molar-refractivity contribution is -0.146. The third-order valence-corrected chi connectivity index (χ3v) is 4.14. The number of hydrogen-bond acceptors (Lipinski definition) is 4. The van der Waals surface area contributed by atoms with Gasteiger partial charge < -0.3 is 9.64 Å². The van der Waals surface area contributed by atoms with Crippen molar-refractivity contribution in [3.63, 3.8) is 0 Å². The van der Waals surface area contributed by atoms with Crippen LogP contribution in [0.2, 0.25) is 0 Å². The van der Waals surface area contributed by atoms with Crippen molar-refractivity contribution in [2.75, 3.05) is 21.2 Å². The maximum absolute atomic E-state index is 14.0. The van der Waals surface area contributed by atoms with Gasteiger partial charge in [0.2, 0.25) is 0 Å². The molecule has 4 nitrogen and oxygen atoms in total. The molecule has 0 aromatic heterocycles. The molecule has 118 valence electrons. The van der Waals surface area contributed by atoms with Crippen LogP contribution in [0.4, 0.5) is 4.39 Å². The normalized spacial score (nSPS) is 23.0. The fourth-order valence-corrected chi connectivity index (χ4v) is 3.09. The number of rotatable bonds is 3. The fourth-order valence-electron chi connectivity index (χ4n) is 3.09. The monoisotopic (exact) mass is 305 g/mol. The van der Waals surface area contributed by atoms with Gasteiger partial charge in [-0.05, 0) is 30.5 Å². The Morgan fingerprint density at radius 2 is 2.09 bits per heavy atom. The Hall–Kier alpha value is -2.17.